The molecule has 0 fully saturated rings. The molecule has 4 nitrogen and oxygen atoms in total. The Balaban J connectivity index is 1.87. The Morgan fingerprint density at radius 2 is 1.86 bits per heavy atom. The minimum Gasteiger partial charge on any atom is -0.497 e. The maximum Gasteiger partial charge on any atom is 0.170 e. The first-order valence-corrected chi connectivity index (χ1v) is 6.76. The number of nitrogens with zero attached hydrogens (tertiary/aromatic N) is 2. The van der Waals surface area contributed by atoms with Gasteiger partial charge in [0.25, 0.3) is 0 Å². The molecule has 106 valence electrons. The summed E-state index contributed by atoms with van der Waals surface area (Å²) in [6, 6.07) is 15.0. The highest BCUT2D eigenvalue weighted by Gasteiger charge is 2.13. The SMILES string of the molecule is COc1ccc(C(=O)Cc2nc3ccccc3n2C)cc1. The van der Waals surface area contributed by atoms with E-state index < -0.39 is 0 Å². The zero-order chi connectivity index (χ0) is 14.8. The molecule has 0 aliphatic rings. The van der Waals surface area contributed by atoms with E-state index in [2.05, 4.69) is 4.98 Å². The summed E-state index contributed by atoms with van der Waals surface area (Å²) in [6.07, 6.45) is 0.289. The quantitative estimate of drug-likeness (QED) is 0.690. The van der Waals surface area contributed by atoms with Crippen molar-refractivity contribution in [1.29, 1.82) is 0 Å². The van der Waals surface area contributed by atoms with Crippen molar-refractivity contribution in [2.75, 3.05) is 7.11 Å². The summed E-state index contributed by atoms with van der Waals surface area (Å²) in [6.45, 7) is 0. The van der Waals surface area contributed by atoms with Crippen LogP contribution in [0.1, 0.15) is 16.2 Å². The molecule has 0 bridgehead atoms. The van der Waals surface area contributed by atoms with E-state index in [0.29, 0.717) is 5.56 Å². The third-order valence-electron chi connectivity index (χ3n) is 3.61. The van der Waals surface area contributed by atoms with Crippen LogP contribution in [-0.4, -0.2) is 22.4 Å². The molecular formula is C17H16N2O2. The maximum absolute atomic E-state index is 12.3. The number of ketones is 1. The summed E-state index contributed by atoms with van der Waals surface area (Å²) in [4.78, 5) is 16.9. The number of aromatic nitrogens is 2. The number of methoxy groups -OCH3 is 1. The van der Waals surface area contributed by atoms with Gasteiger partial charge in [-0.3, -0.25) is 4.79 Å². The molecule has 1 aromatic heterocycles. The van der Waals surface area contributed by atoms with E-state index in [4.69, 9.17) is 4.74 Å². The van der Waals surface area contributed by atoms with Gasteiger partial charge in [-0.1, -0.05) is 12.1 Å². The molecule has 2 aromatic carbocycles. The van der Waals surface area contributed by atoms with Gasteiger partial charge in [0.1, 0.15) is 11.6 Å². The van der Waals surface area contributed by atoms with E-state index in [1.54, 1.807) is 31.4 Å². The van der Waals surface area contributed by atoms with E-state index in [0.717, 1.165) is 22.6 Å². The van der Waals surface area contributed by atoms with Crippen LogP contribution >= 0.6 is 0 Å². The van der Waals surface area contributed by atoms with Crippen LogP contribution in [0, 0.1) is 0 Å². The Bertz CT molecular complexity index is 788. The molecule has 0 atom stereocenters. The molecule has 0 N–H and O–H groups in total. The lowest BCUT2D eigenvalue weighted by Crippen LogP contribution is -2.08. The Kier molecular flexibility index (Phi) is 3.44. The van der Waals surface area contributed by atoms with Gasteiger partial charge in [0.2, 0.25) is 0 Å². The minimum atomic E-state index is 0.0519. The number of imidazole rings is 1. The van der Waals surface area contributed by atoms with Gasteiger partial charge in [-0.05, 0) is 36.4 Å². The molecule has 0 unspecified atom stereocenters. The van der Waals surface area contributed by atoms with Gasteiger partial charge in [-0.15, -0.1) is 0 Å². The first-order valence-electron chi connectivity index (χ1n) is 6.76. The number of aryl methyl sites for hydroxylation is 1. The molecule has 0 saturated heterocycles. The molecule has 3 rings (SSSR count). The van der Waals surface area contributed by atoms with Crippen LogP contribution in [0.3, 0.4) is 0 Å². The van der Waals surface area contributed by atoms with Crippen molar-refractivity contribution < 1.29 is 9.53 Å². The van der Waals surface area contributed by atoms with Crippen molar-refractivity contribution in [3.8, 4) is 5.75 Å². The lowest BCUT2D eigenvalue weighted by atomic mass is 10.1. The highest BCUT2D eigenvalue weighted by atomic mass is 16.5. The summed E-state index contributed by atoms with van der Waals surface area (Å²) in [7, 11) is 3.54. The number of fused-ring (bicyclic) bond motifs is 1. The average Bonchev–Trinajstić information content (AvgIpc) is 2.84. The van der Waals surface area contributed by atoms with Crippen molar-refractivity contribution >= 4 is 16.8 Å². The largest absolute Gasteiger partial charge is 0.497 e. The summed E-state index contributed by atoms with van der Waals surface area (Å²) < 4.78 is 7.07. The average molecular weight is 280 g/mol. The van der Waals surface area contributed by atoms with Gasteiger partial charge in [0.15, 0.2) is 5.78 Å². The smallest absolute Gasteiger partial charge is 0.170 e. The number of para-hydroxylation sites is 2. The van der Waals surface area contributed by atoms with Gasteiger partial charge < -0.3 is 9.30 Å². The van der Waals surface area contributed by atoms with Crippen molar-refractivity contribution in [3.63, 3.8) is 0 Å². The van der Waals surface area contributed by atoms with E-state index in [-0.39, 0.29) is 12.2 Å². The monoisotopic (exact) mass is 280 g/mol. The van der Waals surface area contributed by atoms with Crippen molar-refractivity contribution in [2.24, 2.45) is 7.05 Å². The van der Waals surface area contributed by atoms with Gasteiger partial charge in [0, 0.05) is 12.6 Å². The summed E-state index contributed by atoms with van der Waals surface area (Å²) >= 11 is 0. The first-order chi connectivity index (χ1) is 10.2. The lowest BCUT2D eigenvalue weighted by molar-refractivity contribution is 0.0990. The van der Waals surface area contributed by atoms with Gasteiger partial charge in [0.05, 0.1) is 24.6 Å². The molecule has 0 aliphatic carbocycles. The number of hydrogen-bond donors (Lipinski definition) is 0. The van der Waals surface area contributed by atoms with Crippen LogP contribution in [0.15, 0.2) is 48.5 Å². The molecule has 0 spiro atoms. The second-order valence-electron chi connectivity index (χ2n) is 4.90. The molecule has 0 saturated carbocycles. The zero-order valence-corrected chi connectivity index (χ0v) is 12.0. The van der Waals surface area contributed by atoms with E-state index in [1.807, 2.05) is 35.9 Å². The number of ether oxygens (including phenoxy) is 1. The van der Waals surface area contributed by atoms with Crippen molar-refractivity contribution in [2.45, 2.75) is 6.42 Å². The third kappa shape index (κ3) is 2.52. The Hall–Kier alpha value is -2.62. The summed E-state index contributed by atoms with van der Waals surface area (Å²) in [5.41, 5.74) is 2.62. The number of carbonyl (C=O) groups excluding carboxylic acids is 1. The normalized spacial score (nSPS) is 10.8. The predicted octanol–water partition coefficient (Wildman–Crippen LogP) is 3.01. The van der Waals surface area contributed by atoms with E-state index >= 15 is 0 Å². The first kappa shape index (κ1) is 13.4. The molecule has 0 radical (unpaired) electrons. The second kappa shape index (κ2) is 5.40. The minimum absolute atomic E-state index is 0.0519. The van der Waals surface area contributed by atoms with E-state index in [1.165, 1.54) is 0 Å². The predicted molar refractivity (Wildman–Crippen MR) is 81.7 cm³/mol. The van der Waals surface area contributed by atoms with Gasteiger partial charge in [-0.25, -0.2) is 4.98 Å². The van der Waals surface area contributed by atoms with Crippen LogP contribution in [0.2, 0.25) is 0 Å². The second-order valence-corrected chi connectivity index (χ2v) is 4.90. The summed E-state index contributed by atoms with van der Waals surface area (Å²) in [5, 5.41) is 0. The van der Waals surface area contributed by atoms with Gasteiger partial charge in [-0.2, -0.15) is 0 Å². The fourth-order valence-corrected chi connectivity index (χ4v) is 2.38. The molecule has 21 heavy (non-hydrogen) atoms. The van der Waals surface area contributed by atoms with Crippen LogP contribution < -0.4 is 4.74 Å². The van der Waals surface area contributed by atoms with Crippen molar-refractivity contribution in [3.05, 3.63) is 59.9 Å². The van der Waals surface area contributed by atoms with Crippen LogP contribution in [0.5, 0.6) is 5.75 Å². The fourth-order valence-electron chi connectivity index (χ4n) is 2.38. The maximum atomic E-state index is 12.3. The van der Waals surface area contributed by atoms with E-state index in [9.17, 15) is 4.79 Å². The number of rotatable bonds is 4. The molecule has 4 heteroatoms. The summed E-state index contributed by atoms with van der Waals surface area (Å²) in [5.74, 6) is 1.57. The number of benzene rings is 2. The Morgan fingerprint density at radius 3 is 2.52 bits per heavy atom. The van der Waals surface area contributed by atoms with Crippen LogP contribution in [0.25, 0.3) is 11.0 Å². The number of Topliss-reactive ketones (excluding diaryl/α,β-unsaturated/α-hetero) is 1. The Morgan fingerprint density at radius 1 is 1.14 bits per heavy atom. The molecule has 0 aliphatic heterocycles. The molecule has 0 amide bonds. The fraction of sp³-hybridized carbons (Fsp3) is 0.176. The van der Waals surface area contributed by atoms with Crippen LogP contribution in [0.4, 0.5) is 0 Å². The molecular weight excluding hydrogens is 264 g/mol. The Labute approximate surface area is 123 Å². The number of hydrogen-bond acceptors (Lipinski definition) is 3. The van der Waals surface area contributed by atoms with Crippen LogP contribution in [-0.2, 0) is 13.5 Å². The lowest BCUT2D eigenvalue weighted by Gasteiger charge is -2.04. The van der Waals surface area contributed by atoms with Gasteiger partial charge >= 0.3 is 0 Å². The molecule has 3 aromatic rings. The third-order valence-corrected chi connectivity index (χ3v) is 3.61. The zero-order valence-electron chi connectivity index (χ0n) is 12.0. The molecule has 1 heterocycles. The highest BCUT2D eigenvalue weighted by molar-refractivity contribution is 5.97. The standard InChI is InChI=1S/C17H16N2O2/c1-19-15-6-4-3-5-14(15)18-17(19)11-16(20)12-7-9-13(21-2)10-8-12/h3-10H,11H2,1-2H3. The topological polar surface area (TPSA) is 44.1 Å². The number of carbonyl (C=O) groups is 1. The van der Waals surface area contributed by atoms with Crippen molar-refractivity contribution in [1.82, 2.24) is 9.55 Å². The highest BCUT2D eigenvalue weighted by Crippen LogP contribution is 2.17.